The number of hydrogen-bond donors (Lipinski definition) is 1. The maximum atomic E-state index is 12.3. The van der Waals surface area contributed by atoms with Crippen molar-refractivity contribution in [3.8, 4) is 0 Å². The van der Waals surface area contributed by atoms with Crippen LogP contribution in [0.5, 0.6) is 0 Å². The van der Waals surface area contributed by atoms with Gasteiger partial charge >= 0.3 is 0 Å². The molecule has 1 heterocycles. The fraction of sp³-hybridized carbons (Fsp3) is 0.923. The standard InChI is InChI=1S/C13H26N2O2/c1-5-6-13(9-14)10-15(7-8-17-13)11(16)12(2,3)4/h5-10,14H2,1-4H3. The van der Waals surface area contributed by atoms with Crippen LogP contribution in [0, 0.1) is 5.41 Å². The molecule has 1 atom stereocenters. The lowest BCUT2D eigenvalue weighted by Gasteiger charge is -2.44. The Bertz CT molecular complexity index is 269. The van der Waals surface area contributed by atoms with Crippen molar-refractivity contribution >= 4 is 5.91 Å². The second-order valence-corrected chi connectivity index (χ2v) is 5.96. The Balaban J connectivity index is 2.75. The molecule has 100 valence electrons. The third-order valence-corrected chi connectivity index (χ3v) is 3.25. The third-order valence-electron chi connectivity index (χ3n) is 3.25. The van der Waals surface area contributed by atoms with Gasteiger partial charge in [-0.05, 0) is 6.42 Å². The van der Waals surface area contributed by atoms with Gasteiger partial charge in [0.05, 0.1) is 18.8 Å². The van der Waals surface area contributed by atoms with Crippen molar-refractivity contribution < 1.29 is 9.53 Å². The quantitative estimate of drug-likeness (QED) is 0.813. The molecule has 1 aliphatic rings. The van der Waals surface area contributed by atoms with E-state index in [1.807, 2.05) is 25.7 Å². The molecule has 1 saturated heterocycles. The third kappa shape index (κ3) is 3.42. The van der Waals surface area contributed by atoms with Gasteiger partial charge < -0.3 is 15.4 Å². The largest absolute Gasteiger partial charge is 0.370 e. The normalized spacial score (nSPS) is 26.1. The minimum atomic E-state index is -0.329. The van der Waals surface area contributed by atoms with E-state index in [0.29, 0.717) is 26.2 Å². The summed E-state index contributed by atoms with van der Waals surface area (Å²) >= 11 is 0. The Labute approximate surface area is 104 Å². The van der Waals surface area contributed by atoms with Crippen LogP contribution >= 0.6 is 0 Å². The zero-order valence-corrected chi connectivity index (χ0v) is 11.6. The van der Waals surface area contributed by atoms with Gasteiger partial charge in [-0.1, -0.05) is 34.1 Å². The number of carbonyl (C=O) groups excluding carboxylic acids is 1. The predicted octanol–water partition coefficient (Wildman–Crippen LogP) is 1.39. The predicted molar refractivity (Wildman–Crippen MR) is 68.7 cm³/mol. The number of ether oxygens (including phenoxy) is 1. The number of hydrogen-bond acceptors (Lipinski definition) is 3. The summed E-state index contributed by atoms with van der Waals surface area (Å²) in [6.45, 7) is 10.4. The van der Waals surface area contributed by atoms with Crippen molar-refractivity contribution in [2.45, 2.75) is 46.1 Å². The molecule has 0 radical (unpaired) electrons. The molecular weight excluding hydrogens is 216 g/mol. The summed E-state index contributed by atoms with van der Waals surface area (Å²) in [6.07, 6.45) is 1.94. The highest BCUT2D eigenvalue weighted by molar-refractivity contribution is 5.81. The number of morpholine rings is 1. The van der Waals surface area contributed by atoms with Gasteiger partial charge in [0.1, 0.15) is 0 Å². The smallest absolute Gasteiger partial charge is 0.228 e. The zero-order chi connectivity index (χ0) is 13.1. The van der Waals surface area contributed by atoms with Crippen molar-refractivity contribution in [2.75, 3.05) is 26.2 Å². The van der Waals surface area contributed by atoms with Crippen LogP contribution in [0.3, 0.4) is 0 Å². The minimum absolute atomic E-state index is 0.190. The fourth-order valence-corrected chi connectivity index (χ4v) is 2.32. The van der Waals surface area contributed by atoms with E-state index in [4.69, 9.17) is 10.5 Å². The number of rotatable bonds is 3. The van der Waals surface area contributed by atoms with E-state index >= 15 is 0 Å². The molecule has 0 aromatic heterocycles. The van der Waals surface area contributed by atoms with Gasteiger partial charge in [0, 0.05) is 18.5 Å². The minimum Gasteiger partial charge on any atom is -0.370 e. The Morgan fingerprint density at radius 3 is 2.59 bits per heavy atom. The number of nitrogens with zero attached hydrogens (tertiary/aromatic N) is 1. The monoisotopic (exact) mass is 242 g/mol. The lowest BCUT2D eigenvalue weighted by molar-refractivity contribution is -0.157. The van der Waals surface area contributed by atoms with Gasteiger partial charge in [-0.25, -0.2) is 0 Å². The zero-order valence-electron chi connectivity index (χ0n) is 11.6. The second-order valence-electron chi connectivity index (χ2n) is 5.96. The van der Waals surface area contributed by atoms with E-state index in [1.54, 1.807) is 0 Å². The van der Waals surface area contributed by atoms with E-state index in [0.717, 1.165) is 12.8 Å². The van der Waals surface area contributed by atoms with E-state index in [2.05, 4.69) is 6.92 Å². The Morgan fingerprint density at radius 2 is 2.12 bits per heavy atom. The molecule has 0 aliphatic carbocycles. The SMILES string of the molecule is CCCC1(CN)CN(C(=O)C(C)(C)C)CCO1. The van der Waals surface area contributed by atoms with Crippen LogP contribution in [0.4, 0.5) is 0 Å². The Kier molecular flexibility index (Phi) is 4.55. The van der Waals surface area contributed by atoms with Crippen LogP contribution in [-0.2, 0) is 9.53 Å². The molecule has 1 unspecified atom stereocenters. The van der Waals surface area contributed by atoms with E-state index < -0.39 is 0 Å². The molecule has 0 aromatic rings. The number of amides is 1. The molecule has 1 amide bonds. The first-order valence-electron chi connectivity index (χ1n) is 6.48. The topological polar surface area (TPSA) is 55.6 Å². The van der Waals surface area contributed by atoms with Crippen molar-refractivity contribution in [3.05, 3.63) is 0 Å². The van der Waals surface area contributed by atoms with Gasteiger partial charge in [0.2, 0.25) is 5.91 Å². The van der Waals surface area contributed by atoms with Crippen molar-refractivity contribution in [3.63, 3.8) is 0 Å². The maximum Gasteiger partial charge on any atom is 0.228 e. The van der Waals surface area contributed by atoms with E-state index in [-0.39, 0.29) is 16.9 Å². The van der Waals surface area contributed by atoms with Gasteiger partial charge in [-0.2, -0.15) is 0 Å². The number of nitrogens with two attached hydrogens (primary N) is 1. The lowest BCUT2D eigenvalue weighted by Crippen LogP contribution is -2.58. The summed E-state index contributed by atoms with van der Waals surface area (Å²) in [5, 5.41) is 0. The first-order chi connectivity index (χ1) is 7.84. The highest BCUT2D eigenvalue weighted by Crippen LogP contribution is 2.26. The highest BCUT2D eigenvalue weighted by Gasteiger charge is 2.39. The van der Waals surface area contributed by atoms with Crippen LogP contribution in [0.1, 0.15) is 40.5 Å². The number of carbonyl (C=O) groups is 1. The summed E-state index contributed by atoms with van der Waals surface area (Å²) in [7, 11) is 0. The molecule has 0 spiro atoms. The molecule has 0 aromatic carbocycles. The van der Waals surface area contributed by atoms with Crippen LogP contribution in [-0.4, -0.2) is 42.6 Å². The summed E-state index contributed by atoms with van der Waals surface area (Å²) in [5.74, 6) is 0.190. The second kappa shape index (κ2) is 5.36. The van der Waals surface area contributed by atoms with Gasteiger partial charge in [0.15, 0.2) is 0 Å². The molecule has 0 bridgehead atoms. The summed E-state index contributed by atoms with van der Waals surface area (Å²) < 4.78 is 5.83. The first kappa shape index (κ1) is 14.5. The highest BCUT2D eigenvalue weighted by atomic mass is 16.5. The van der Waals surface area contributed by atoms with Crippen LogP contribution in [0.15, 0.2) is 0 Å². The van der Waals surface area contributed by atoms with E-state index in [1.165, 1.54) is 0 Å². The maximum absolute atomic E-state index is 12.3. The average Bonchev–Trinajstić information content (AvgIpc) is 2.27. The summed E-state index contributed by atoms with van der Waals surface area (Å²) in [5.41, 5.74) is 5.18. The van der Waals surface area contributed by atoms with Gasteiger partial charge in [0.25, 0.3) is 0 Å². The van der Waals surface area contributed by atoms with Crippen molar-refractivity contribution in [1.82, 2.24) is 4.90 Å². The molecule has 1 rings (SSSR count). The summed E-state index contributed by atoms with van der Waals surface area (Å²) in [6, 6.07) is 0. The average molecular weight is 242 g/mol. The molecule has 0 saturated carbocycles. The first-order valence-corrected chi connectivity index (χ1v) is 6.48. The molecule has 1 aliphatic heterocycles. The van der Waals surface area contributed by atoms with Gasteiger partial charge in [-0.3, -0.25) is 4.79 Å². The molecule has 2 N–H and O–H groups in total. The fourth-order valence-electron chi connectivity index (χ4n) is 2.32. The van der Waals surface area contributed by atoms with Crippen LogP contribution in [0.25, 0.3) is 0 Å². The van der Waals surface area contributed by atoms with Crippen LogP contribution in [0.2, 0.25) is 0 Å². The molecule has 4 heteroatoms. The molecule has 4 nitrogen and oxygen atoms in total. The summed E-state index contributed by atoms with van der Waals surface area (Å²) in [4.78, 5) is 14.2. The van der Waals surface area contributed by atoms with Gasteiger partial charge in [-0.15, -0.1) is 0 Å². The molecule has 1 fully saturated rings. The Morgan fingerprint density at radius 1 is 1.47 bits per heavy atom. The Hall–Kier alpha value is -0.610. The van der Waals surface area contributed by atoms with E-state index in [9.17, 15) is 4.79 Å². The molecular formula is C13H26N2O2. The van der Waals surface area contributed by atoms with Crippen molar-refractivity contribution in [1.29, 1.82) is 0 Å². The van der Waals surface area contributed by atoms with Crippen LogP contribution < -0.4 is 5.73 Å². The molecule has 17 heavy (non-hydrogen) atoms. The van der Waals surface area contributed by atoms with Crippen molar-refractivity contribution in [2.24, 2.45) is 11.1 Å². The lowest BCUT2D eigenvalue weighted by atomic mass is 9.91.